The lowest BCUT2D eigenvalue weighted by Gasteiger charge is -2.14. The lowest BCUT2D eigenvalue weighted by atomic mass is 10.1. The van der Waals surface area contributed by atoms with Crippen LogP contribution in [0.2, 0.25) is 0 Å². The van der Waals surface area contributed by atoms with Gasteiger partial charge in [0.1, 0.15) is 11.6 Å². The van der Waals surface area contributed by atoms with Crippen LogP contribution in [-0.2, 0) is 3.79 Å². The second-order valence-corrected chi connectivity index (χ2v) is 7.88. The number of halogens is 3. The van der Waals surface area contributed by atoms with Gasteiger partial charge in [-0.3, -0.25) is 4.79 Å². The third-order valence-corrected chi connectivity index (χ3v) is 4.20. The summed E-state index contributed by atoms with van der Waals surface area (Å²) in [6, 6.07) is 12.2. The number of nitrogens with zero attached hydrogens (tertiary/aromatic N) is 2. The average molecular weight is 411 g/mol. The fourth-order valence-corrected chi connectivity index (χ4v) is 2.64. The number of anilines is 1. The van der Waals surface area contributed by atoms with Gasteiger partial charge in [-0.15, -0.1) is 0 Å². The second kappa shape index (κ2) is 7.27. The summed E-state index contributed by atoms with van der Waals surface area (Å²) in [4.78, 5) is 21.1. The lowest BCUT2D eigenvalue weighted by Crippen LogP contribution is -2.16. The Balaban J connectivity index is 2.04. The van der Waals surface area contributed by atoms with Gasteiger partial charge in [-0.25, -0.2) is 9.97 Å². The third-order valence-electron chi connectivity index (χ3n) is 3.69. The predicted molar refractivity (Wildman–Crippen MR) is 104 cm³/mol. The van der Waals surface area contributed by atoms with Gasteiger partial charge in [0.25, 0.3) is 5.91 Å². The summed E-state index contributed by atoms with van der Waals surface area (Å²) in [5, 5.41) is 3.43. The van der Waals surface area contributed by atoms with E-state index in [1.165, 1.54) is 0 Å². The van der Waals surface area contributed by atoms with E-state index in [-0.39, 0.29) is 17.5 Å². The van der Waals surface area contributed by atoms with E-state index in [1.807, 2.05) is 19.1 Å². The number of methoxy groups -OCH3 is 1. The molecule has 2 aromatic carbocycles. The van der Waals surface area contributed by atoms with Crippen molar-refractivity contribution in [2.24, 2.45) is 0 Å². The van der Waals surface area contributed by atoms with Gasteiger partial charge >= 0.3 is 0 Å². The monoisotopic (exact) mass is 409 g/mol. The first-order valence-corrected chi connectivity index (χ1v) is 8.72. The van der Waals surface area contributed by atoms with Gasteiger partial charge in [0, 0.05) is 10.9 Å². The van der Waals surface area contributed by atoms with Crippen LogP contribution in [0.1, 0.15) is 21.7 Å². The number of fused-ring (bicyclic) bond motifs is 1. The molecular formula is C18H14Cl3N3O2. The molecule has 0 radical (unpaired) electrons. The molecule has 5 nitrogen and oxygen atoms in total. The van der Waals surface area contributed by atoms with Crippen molar-refractivity contribution in [2.45, 2.75) is 10.7 Å². The largest absolute Gasteiger partial charge is 0.497 e. The van der Waals surface area contributed by atoms with Crippen LogP contribution in [0.3, 0.4) is 0 Å². The van der Waals surface area contributed by atoms with E-state index in [2.05, 4.69) is 15.3 Å². The topological polar surface area (TPSA) is 64.1 Å². The van der Waals surface area contributed by atoms with E-state index in [0.29, 0.717) is 22.2 Å². The first kappa shape index (κ1) is 18.7. The van der Waals surface area contributed by atoms with Crippen molar-refractivity contribution in [1.82, 2.24) is 9.97 Å². The maximum absolute atomic E-state index is 12.6. The van der Waals surface area contributed by atoms with Gasteiger partial charge in [0.15, 0.2) is 5.82 Å². The molecule has 0 atom stereocenters. The lowest BCUT2D eigenvalue weighted by molar-refractivity contribution is 0.102. The molecule has 1 heterocycles. The smallest absolute Gasteiger partial charge is 0.256 e. The van der Waals surface area contributed by atoms with Gasteiger partial charge < -0.3 is 10.1 Å². The molecule has 0 bridgehead atoms. The molecule has 0 spiro atoms. The van der Waals surface area contributed by atoms with Crippen LogP contribution in [0.5, 0.6) is 5.75 Å². The Kier molecular flexibility index (Phi) is 5.23. The van der Waals surface area contributed by atoms with Crippen molar-refractivity contribution in [2.75, 3.05) is 12.4 Å². The van der Waals surface area contributed by atoms with E-state index in [4.69, 9.17) is 39.5 Å². The molecular weight excluding hydrogens is 397 g/mol. The highest BCUT2D eigenvalue weighted by Crippen LogP contribution is 2.37. The van der Waals surface area contributed by atoms with E-state index in [9.17, 15) is 4.79 Å². The molecule has 0 fully saturated rings. The molecule has 8 heteroatoms. The minimum Gasteiger partial charge on any atom is -0.497 e. The Hall–Kier alpha value is -2.08. The van der Waals surface area contributed by atoms with E-state index < -0.39 is 3.79 Å². The zero-order chi connectivity index (χ0) is 18.9. The van der Waals surface area contributed by atoms with Gasteiger partial charge in [0.05, 0.1) is 12.6 Å². The third kappa shape index (κ3) is 4.01. The number of aryl methyl sites for hydroxylation is 1. The van der Waals surface area contributed by atoms with Crippen LogP contribution in [0.4, 0.5) is 5.82 Å². The van der Waals surface area contributed by atoms with Crippen molar-refractivity contribution in [3.8, 4) is 5.75 Å². The molecule has 0 unspecified atom stereocenters. The summed E-state index contributed by atoms with van der Waals surface area (Å²) < 4.78 is 3.29. The first-order valence-electron chi connectivity index (χ1n) is 7.59. The first-order chi connectivity index (χ1) is 12.3. The Morgan fingerprint density at radius 1 is 1.08 bits per heavy atom. The number of alkyl halides is 3. The number of hydrogen-bond donors (Lipinski definition) is 1. The fraction of sp³-hybridized carbons (Fsp3) is 0.167. The Bertz CT molecular complexity index is 970. The van der Waals surface area contributed by atoms with Crippen LogP contribution >= 0.6 is 34.8 Å². The van der Waals surface area contributed by atoms with Gasteiger partial charge in [-0.2, -0.15) is 0 Å². The minimum absolute atomic E-state index is 0.0103. The summed E-state index contributed by atoms with van der Waals surface area (Å²) in [5.41, 5.74) is 2.00. The van der Waals surface area contributed by atoms with E-state index in [0.717, 1.165) is 5.56 Å². The highest BCUT2D eigenvalue weighted by molar-refractivity contribution is 6.66. The van der Waals surface area contributed by atoms with Crippen molar-refractivity contribution < 1.29 is 9.53 Å². The molecule has 1 N–H and O–H groups in total. The van der Waals surface area contributed by atoms with Crippen molar-refractivity contribution in [1.29, 1.82) is 0 Å². The van der Waals surface area contributed by atoms with Crippen LogP contribution in [-0.4, -0.2) is 23.0 Å². The predicted octanol–water partition coefficient (Wildman–Crippen LogP) is 5.03. The number of carbonyl (C=O) groups excluding carboxylic acids is 1. The van der Waals surface area contributed by atoms with Crippen LogP contribution in [0, 0.1) is 6.92 Å². The summed E-state index contributed by atoms with van der Waals surface area (Å²) >= 11 is 17.8. The van der Waals surface area contributed by atoms with Crippen LogP contribution in [0.25, 0.3) is 10.9 Å². The number of ether oxygens (including phenoxy) is 1. The Morgan fingerprint density at radius 2 is 1.77 bits per heavy atom. The number of rotatable bonds is 3. The molecule has 26 heavy (non-hydrogen) atoms. The summed E-state index contributed by atoms with van der Waals surface area (Å²) in [6.07, 6.45) is 0. The van der Waals surface area contributed by atoms with Crippen molar-refractivity contribution >= 4 is 57.4 Å². The van der Waals surface area contributed by atoms with Crippen LogP contribution in [0.15, 0.2) is 42.5 Å². The van der Waals surface area contributed by atoms with Gasteiger partial charge in [-0.1, -0.05) is 46.4 Å². The van der Waals surface area contributed by atoms with E-state index in [1.54, 1.807) is 37.4 Å². The molecule has 3 aromatic rings. The quantitative estimate of drug-likeness (QED) is 0.615. The average Bonchev–Trinajstić information content (AvgIpc) is 2.61. The number of hydrogen-bond acceptors (Lipinski definition) is 4. The molecule has 3 rings (SSSR count). The number of nitrogens with one attached hydrogen (secondary N) is 1. The molecule has 0 saturated heterocycles. The normalized spacial score (nSPS) is 11.4. The zero-order valence-corrected chi connectivity index (χ0v) is 16.2. The van der Waals surface area contributed by atoms with Gasteiger partial charge in [0.2, 0.25) is 3.79 Å². The second-order valence-electron chi connectivity index (χ2n) is 5.60. The SMILES string of the molecule is COc1ccc(C(=O)Nc2nc(C(Cl)(Cl)Cl)nc3ccc(C)cc23)cc1. The molecule has 0 aliphatic rings. The molecule has 1 amide bonds. The Labute approximate surface area is 165 Å². The fourth-order valence-electron chi connectivity index (χ4n) is 2.39. The summed E-state index contributed by atoms with van der Waals surface area (Å²) in [7, 11) is 1.56. The highest BCUT2D eigenvalue weighted by Gasteiger charge is 2.28. The molecule has 0 saturated carbocycles. The molecule has 0 aliphatic heterocycles. The minimum atomic E-state index is -1.81. The highest BCUT2D eigenvalue weighted by atomic mass is 35.6. The van der Waals surface area contributed by atoms with Gasteiger partial charge in [-0.05, 0) is 43.3 Å². The maximum atomic E-state index is 12.6. The Morgan fingerprint density at radius 3 is 2.38 bits per heavy atom. The number of amides is 1. The summed E-state index contributed by atoms with van der Waals surface area (Å²) in [6.45, 7) is 1.93. The molecule has 134 valence electrons. The van der Waals surface area contributed by atoms with Crippen molar-refractivity contribution in [3.05, 3.63) is 59.4 Å². The number of aromatic nitrogens is 2. The molecule has 0 aliphatic carbocycles. The van der Waals surface area contributed by atoms with Crippen molar-refractivity contribution in [3.63, 3.8) is 0 Å². The summed E-state index contributed by atoms with van der Waals surface area (Å²) in [5.74, 6) is 0.581. The van der Waals surface area contributed by atoms with E-state index >= 15 is 0 Å². The van der Waals surface area contributed by atoms with Crippen LogP contribution < -0.4 is 10.1 Å². The zero-order valence-electron chi connectivity index (χ0n) is 13.9. The standard InChI is InChI=1S/C18H14Cl3N3O2/c1-10-3-8-14-13(9-10)15(24-17(22-14)18(19,20)21)23-16(25)11-4-6-12(26-2)7-5-11/h3-9H,1-2H3,(H,22,23,24,25). The molecule has 1 aromatic heterocycles. The number of benzene rings is 2. The maximum Gasteiger partial charge on any atom is 0.256 e. The number of carbonyl (C=O) groups is 1.